The van der Waals surface area contributed by atoms with Crippen LogP contribution in [-0.4, -0.2) is 33.0 Å². The number of carbonyl (C=O) groups is 1. The van der Waals surface area contributed by atoms with Gasteiger partial charge in [0.15, 0.2) is 0 Å². The van der Waals surface area contributed by atoms with Crippen LogP contribution in [0.4, 0.5) is 0 Å². The Morgan fingerprint density at radius 1 is 1.28 bits per heavy atom. The molecule has 6 nitrogen and oxygen atoms in total. The fraction of sp³-hybridized carbons (Fsp3) is 0.654. The van der Waals surface area contributed by atoms with Crippen molar-refractivity contribution in [3.8, 4) is 5.75 Å². The van der Waals surface area contributed by atoms with Crippen molar-refractivity contribution in [3.05, 3.63) is 41.2 Å². The maximum Gasteiger partial charge on any atom is 0.139 e. The first-order valence-corrected chi connectivity index (χ1v) is 12.2. The van der Waals surface area contributed by atoms with E-state index in [-0.39, 0.29) is 12.0 Å². The second kappa shape index (κ2) is 8.62. The number of hydrogen-bond donors (Lipinski definition) is 1. The average molecular weight is 438 g/mol. The van der Waals surface area contributed by atoms with Crippen molar-refractivity contribution in [3.63, 3.8) is 0 Å². The Hall–Kier alpha value is -2.21. The van der Waals surface area contributed by atoms with E-state index in [1.807, 2.05) is 10.9 Å². The SMILES string of the molecule is COc1ccc2c(c1)CC[C@H]1[C@@H]3[C@H](CCCCn4cc(CO)nn4)CC(=O)[C@@]3(C)CC[C@H]21. The summed E-state index contributed by atoms with van der Waals surface area (Å²) in [7, 11) is 1.74. The number of unbranched alkanes of at least 4 members (excludes halogenated alkanes) is 1. The van der Waals surface area contributed by atoms with Crippen LogP contribution in [0.1, 0.15) is 74.6 Å². The van der Waals surface area contributed by atoms with Gasteiger partial charge in [0.1, 0.15) is 17.2 Å². The van der Waals surface area contributed by atoms with Gasteiger partial charge in [-0.3, -0.25) is 9.48 Å². The number of carbonyl (C=O) groups excluding carboxylic acids is 1. The van der Waals surface area contributed by atoms with Crippen molar-refractivity contribution >= 4 is 5.78 Å². The van der Waals surface area contributed by atoms with E-state index in [0.29, 0.717) is 35.1 Å². The molecular weight excluding hydrogens is 402 g/mol. The van der Waals surface area contributed by atoms with Crippen LogP contribution in [0.3, 0.4) is 0 Å². The lowest BCUT2D eigenvalue weighted by Gasteiger charge is -2.50. The van der Waals surface area contributed by atoms with Gasteiger partial charge in [-0.15, -0.1) is 5.10 Å². The smallest absolute Gasteiger partial charge is 0.139 e. The quantitative estimate of drug-likeness (QED) is 0.654. The summed E-state index contributed by atoms with van der Waals surface area (Å²) >= 11 is 0. The standard InChI is InChI=1S/C26H35N3O3/c1-26-11-10-22-21-9-7-20(32-2)13-17(21)6-8-23(22)25(26)18(14-24(26)31)5-3-4-12-29-15-19(16-30)27-28-29/h7,9,13,15,18,22-23,25,30H,3-6,8,10-12,14,16H2,1-2H3/t18-,22-,23-,25+,26-/m1/s1. The molecule has 0 spiro atoms. The van der Waals surface area contributed by atoms with Gasteiger partial charge in [-0.05, 0) is 85.5 Å². The van der Waals surface area contributed by atoms with Crippen molar-refractivity contribution in [2.24, 2.45) is 23.2 Å². The molecule has 0 saturated heterocycles. The minimum atomic E-state index is -0.127. The van der Waals surface area contributed by atoms with Crippen LogP contribution in [0.15, 0.2) is 24.4 Å². The van der Waals surface area contributed by atoms with Gasteiger partial charge in [0, 0.05) is 18.4 Å². The Morgan fingerprint density at radius 2 is 2.16 bits per heavy atom. The molecule has 2 saturated carbocycles. The molecule has 5 atom stereocenters. The minimum absolute atomic E-state index is 0.0666. The number of aliphatic hydroxyl groups excluding tert-OH is 1. The first-order chi connectivity index (χ1) is 15.5. The third-order valence-electron chi connectivity index (χ3n) is 8.74. The van der Waals surface area contributed by atoms with Crippen molar-refractivity contribution in [2.45, 2.75) is 77.4 Å². The molecule has 0 unspecified atom stereocenters. The highest BCUT2D eigenvalue weighted by atomic mass is 16.5. The van der Waals surface area contributed by atoms with E-state index in [1.54, 1.807) is 7.11 Å². The van der Waals surface area contributed by atoms with Crippen LogP contribution in [0.2, 0.25) is 0 Å². The van der Waals surface area contributed by atoms with Gasteiger partial charge in [0.25, 0.3) is 0 Å². The first kappa shape index (κ1) is 21.6. The van der Waals surface area contributed by atoms with E-state index in [9.17, 15) is 4.79 Å². The summed E-state index contributed by atoms with van der Waals surface area (Å²) in [5.74, 6) is 3.68. The molecule has 1 heterocycles. The number of rotatable bonds is 7. The lowest BCUT2D eigenvalue weighted by atomic mass is 9.54. The van der Waals surface area contributed by atoms with E-state index >= 15 is 0 Å². The lowest BCUT2D eigenvalue weighted by Crippen LogP contribution is -2.44. The number of ether oxygens (including phenoxy) is 1. The normalized spacial score (nSPS) is 31.2. The number of aliphatic hydroxyl groups is 1. The van der Waals surface area contributed by atoms with Gasteiger partial charge < -0.3 is 9.84 Å². The van der Waals surface area contributed by atoms with Crippen LogP contribution in [-0.2, 0) is 24.4 Å². The molecule has 0 aliphatic heterocycles. The van der Waals surface area contributed by atoms with E-state index in [1.165, 1.54) is 17.5 Å². The highest BCUT2D eigenvalue weighted by Crippen LogP contribution is 2.62. The number of benzene rings is 1. The highest BCUT2D eigenvalue weighted by Gasteiger charge is 2.58. The van der Waals surface area contributed by atoms with Gasteiger partial charge in [0.05, 0.1) is 19.9 Å². The van der Waals surface area contributed by atoms with Crippen LogP contribution in [0.5, 0.6) is 5.75 Å². The van der Waals surface area contributed by atoms with Crippen LogP contribution in [0, 0.1) is 23.2 Å². The van der Waals surface area contributed by atoms with E-state index in [4.69, 9.17) is 9.84 Å². The van der Waals surface area contributed by atoms with Gasteiger partial charge in [-0.1, -0.05) is 24.6 Å². The Morgan fingerprint density at radius 3 is 2.94 bits per heavy atom. The second-order valence-corrected chi connectivity index (χ2v) is 10.4. The van der Waals surface area contributed by atoms with Crippen LogP contribution >= 0.6 is 0 Å². The van der Waals surface area contributed by atoms with Crippen LogP contribution < -0.4 is 4.74 Å². The predicted octanol–water partition coefficient (Wildman–Crippen LogP) is 4.30. The molecule has 1 aromatic carbocycles. The second-order valence-electron chi connectivity index (χ2n) is 10.4. The molecular formula is C26H35N3O3. The predicted molar refractivity (Wildman–Crippen MR) is 121 cm³/mol. The van der Waals surface area contributed by atoms with Gasteiger partial charge in [-0.2, -0.15) is 0 Å². The molecule has 3 aliphatic carbocycles. The summed E-state index contributed by atoms with van der Waals surface area (Å²) in [6, 6.07) is 6.62. The number of Topliss-reactive ketones (excluding diaryl/α,β-unsaturated/α-hetero) is 1. The molecule has 5 rings (SSSR count). The van der Waals surface area contributed by atoms with E-state index in [0.717, 1.165) is 57.2 Å². The summed E-state index contributed by atoms with van der Waals surface area (Å²) in [6.07, 6.45) is 10.3. The zero-order valence-corrected chi connectivity index (χ0v) is 19.3. The van der Waals surface area contributed by atoms with Crippen molar-refractivity contribution in [2.75, 3.05) is 7.11 Å². The van der Waals surface area contributed by atoms with Gasteiger partial charge >= 0.3 is 0 Å². The number of fused-ring (bicyclic) bond motifs is 5. The van der Waals surface area contributed by atoms with E-state index in [2.05, 4.69) is 35.4 Å². The number of methoxy groups -OCH3 is 1. The molecule has 32 heavy (non-hydrogen) atoms. The molecule has 2 fully saturated rings. The third-order valence-corrected chi connectivity index (χ3v) is 8.74. The fourth-order valence-electron chi connectivity index (χ4n) is 7.21. The maximum absolute atomic E-state index is 13.2. The average Bonchev–Trinajstić information content (AvgIpc) is 3.38. The number of ketones is 1. The molecule has 0 amide bonds. The first-order valence-electron chi connectivity index (χ1n) is 12.2. The molecule has 3 aliphatic rings. The minimum Gasteiger partial charge on any atom is -0.497 e. The summed E-state index contributed by atoms with van der Waals surface area (Å²) in [6.45, 7) is 3.02. The van der Waals surface area contributed by atoms with Crippen molar-refractivity contribution in [1.29, 1.82) is 0 Å². The Bertz CT molecular complexity index is 986. The van der Waals surface area contributed by atoms with Gasteiger partial charge in [-0.25, -0.2) is 0 Å². The number of aryl methyl sites for hydroxylation is 2. The molecule has 0 bridgehead atoms. The Balaban J connectivity index is 1.28. The zero-order chi connectivity index (χ0) is 22.3. The molecule has 6 heteroatoms. The molecule has 1 N–H and O–H groups in total. The number of nitrogens with zero attached hydrogens (tertiary/aromatic N) is 3. The monoisotopic (exact) mass is 437 g/mol. The molecule has 172 valence electrons. The molecule has 2 aromatic rings. The van der Waals surface area contributed by atoms with Crippen molar-refractivity contribution < 1.29 is 14.6 Å². The highest BCUT2D eigenvalue weighted by molar-refractivity contribution is 5.87. The summed E-state index contributed by atoms with van der Waals surface area (Å²) in [4.78, 5) is 13.2. The zero-order valence-electron chi connectivity index (χ0n) is 19.3. The summed E-state index contributed by atoms with van der Waals surface area (Å²) in [5.41, 5.74) is 3.45. The largest absolute Gasteiger partial charge is 0.497 e. The molecule has 1 aromatic heterocycles. The van der Waals surface area contributed by atoms with Gasteiger partial charge in [0.2, 0.25) is 0 Å². The fourth-order valence-corrected chi connectivity index (χ4v) is 7.21. The topological polar surface area (TPSA) is 77.2 Å². The molecule has 0 radical (unpaired) electrons. The lowest BCUT2D eigenvalue weighted by molar-refractivity contribution is -0.129. The summed E-state index contributed by atoms with van der Waals surface area (Å²) < 4.78 is 7.28. The Kier molecular flexibility index (Phi) is 5.82. The van der Waals surface area contributed by atoms with Crippen LogP contribution in [0.25, 0.3) is 0 Å². The number of aromatic nitrogens is 3. The maximum atomic E-state index is 13.2. The van der Waals surface area contributed by atoms with E-state index < -0.39 is 0 Å². The van der Waals surface area contributed by atoms with Crippen molar-refractivity contribution in [1.82, 2.24) is 15.0 Å². The summed E-state index contributed by atoms with van der Waals surface area (Å²) in [5, 5.41) is 17.2. The number of hydrogen-bond acceptors (Lipinski definition) is 5. The Labute approximate surface area is 190 Å². The third kappa shape index (κ3) is 3.66.